The third-order valence-corrected chi connectivity index (χ3v) is 10.0. The number of likely N-dealkylation sites (tertiary alicyclic amines) is 1. The summed E-state index contributed by atoms with van der Waals surface area (Å²) in [5, 5.41) is 33.3. The molecule has 1 fully saturated rings. The second kappa shape index (κ2) is 14.3. The number of anilines is 2. The molecule has 3 aromatic heterocycles. The van der Waals surface area contributed by atoms with Crippen molar-refractivity contribution in [2.45, 2.75) is 46.6 Å². The summed E-state index contributed by atoms with van der Waals surface area (Å²) in [6, 6.07) is 22.4. The molecule has 1 saturated heterocycles. The van der Waals surface area contributed by atoms with E-state index in [0.717, 1.165) is 68.4 Å². The molecule has 0 saturated carbocycles. The fourth-order valence-electron chi connectivity index (χ4n) is 7.00. The molecule has 0 bridgehead atoms. The fourth-order valence-corrected chi connectivity index (χ4v) is 7.00. The molecule has 1 aliphatic rings. The van der Waals surface area contributed by atoms with Crippen molar-refractivity contribution < 1.29 is 19.4 Å². The van der Waals surface area contributed by atoms with Crippen LogP contribution >= 0.6 is 0 Å². The normalized spacial score (nSPS) is 15.3. The lowest BCUT2D eigenvalue weighted by atomic mass is 9.93. The zero-order chi connectivity index (χ0) is 35.6. The van der Waals surface area contributed by atoms with Crippen LogP contribution < -0.4 is 5.32 Å². The van der Waals surface area contributed by atoms with Gasteiger partial charge in [-0.2, -0.15) is 5.26 Å². The second-order valence-electron chi connectivity index (χ2n) is 13.7. The van der Waals surface area contributed by atoms with Crippen molar-refractivity contribution in [3.8, 4) is 28.7 Å². The number of carboxylic acid groups (broad SMARTS) is 1. The maximum Gasteiger partial charge on any atom is 0.307 e. The third kappa shape index (κ3) is 6.91. The zero-order valence-corrected chi connectivity index (χ0v) is 29.0. The van der Waals surface area contributed by atoms with Crippen LogP contribution in [0.25, 0.3) is 44.6 Å². The van der Waals surface area contributed by atoms with Crippen LogP contribution in [0.4, 0.5) is 11.5 Å². The number of carboxylic acids is 1. The molecule has 0 spiro atoms. The molecule has 2 atom stereocenters. The topological polar surface area (TPSA) is 148 Å². The number of rotatable bonds is 11. The number of pyridine rings is 2. The Bertz CT molecular complexity index is 2310. The van der Waals surface area contributed by atoms with E-state index < -0.39 is 5.97 Å². The molecule has 6 aromatic rings. The van der Waals surface area contributed by atoms with Crippen LogP contribution in [0.1, 0.15) is 47.6 Å². The SMILES string of the molecule is Cc1c(Nc2nccc3cc(CC[C@@H](C)CO)cnc23)cccc1-c1cccc(-c2nc3cc(CN4CC[C@@H](C(=O)O)C4)cc(C#N)c3o2)c1C. The summed E-state index contributed by atoms with van der Waals surface area (Å²) in [5.74, 6) is 0.234. The number of aryl methyl sites for hydroxylation is 1. The minimum Gasteiger partial charge on any atom is -0.481 e. The minimum atomic E-state index is -0.767. The Morgan fingerprint density at radius 3 is 2.61 bits per heavy atom. The van der Waals surface area contributed by atoms with E-state index in [4.69, 9.17) is 14.4 Å². The molecule has 7 rings (SSSR count). The number of aliphatic hydroxyl groups is 1. The molecule has 1 aliphatic heterocycles. The predicted octanol–water partition coefficient (Wildman–Crippen LogP) is 7.80. The maximum absolute atomic E-state index is 11.4. The maximum atomic E-state index is 11.4. The number of benzene rings is 3. The molecule has 0 unspecified atom stereocenters. The number of nitrogens with zero attached hydrogens (tertiary/aromatic N) is 5. The number of aromatic nitrogens is 3. The van der Waals surface area contributed by atoms with Crippen LogP contribution in [0.15, 0.2) is 77.5 Å². The van der Waals surface area contributed by atoms with Gasteiger partial charge in [0.2, 0.25) is 5.89 Å². The van der Waals surface area contributed by atoms with Crippen LogP contribution in [0.2, 0.25) is 0 Å². The van der Waals surface area contributed by atoms with Crippen LogP contribution in [0.5, 0.6) is 0 Å². The van der Waals surface area contributed by atoms with Gasteiger partial charge in [0.1, 0.15) is 17.1 Å². The second-order valence-corrected chi connectivity index (χ2v) is 13.7. The Balaban J connectivity index is 1.17. The van der Waals surface area contributed by atoms with E-state index >= 15 is 0 Å². The number of hydrogen-bond acceptors (Lipinski definition) is 9. The summed E-state index contributed by atoms with van der Waals surface area (Å²) in [7, 11) is 0. The first-order valence-corrected chi connectivity index (χ1v) is 17.3. The molecule has 3 N–H and O–H groups in total. The van der Waals surface area contributed by atoms with E-state index in [0.29, 0.717) is 54.4 Å². The average molecular weight is 681 g/mol. The van der Waals surface area contributed by atoms with Gasteiger partial charge in [-0.25, -0.2) is 9.97 Å². The van der Waals surface area contributed by atoms with Gasteiger partial charge in [0.05, 0.1) is 11.5 Å². The predicted molar refractivity (Wildman–Crippen MR) is 197 cm³/mol. The number of aliphatic hydroxyl groups excluding tert-OH is 1. The molecule has 4 heterocycles. The first-order valence-electron chi connectivity index (χ1n) is 17.3. The summed E-state index contributed by atoms with van der Waals surface area (Å²) >= 11 is 0. The molecule has 10 nitrogen and oxygen atoms in total. The van der Waals surface area contributed by atoms with Gasteiger partial charge in [-0.15, -0.1) is 0 Å². The fraction of sp³-hybridized carbons (Fsp3) is 0.293. The van der Waals surface area contributed by atoms with Crippen LogP contribution in [-0.4, -0.2) is 55.7 Å². The van der Waals surface area contributed by atoms with Gasteiger partial charge in [0.25, 0.3) is 0 Å². The van der Waals surface area contributed by atoms with E-state index in [9.17, 15) is 20.3 Å². The van der Waals surface area contributed by atoms with Gasteiger partial charge in [-0.3, -0.25) is 14.7 Å². The molecule has 3 aromatic carbocycles. The van der Waals surface area contributed by atoms with Crippen molar-refractivity contribution in [2.24, 2.45) is 11.8 Å². The Morgan fingerprint density at radius 1 is 1.06 bits per heavy atom. The van der Waals surface area contributed by atoms with Crippen LogP contribution in [0.3, 0.4) is 0 Å². The van der Waals surface area contributed by atoms with E-state index in [1.54, 1.807) is 6.20 Å². The van der Waals surface area contributed by atoms with Gasteiger partial charge in [-0.05, 0) is 115 Å². The molecule has 10 heteroatoms. The molecule has 0 amide bonds. The first-order chi connectivity index (χ1) is 24.7. The Labute approximate surface area is 296 Å². The summed E-state index contributed by atoms with van der Waals surface area (Å²) in [6.07, 6.45) is 6.07. The summed E-state index contributed by atoms with van der Waals surface area (Å²) in [5.41, 5.74) is 10.1. The standard InChI is InChI=1S/C41H40N6O4/c1-24(23-48)10-11-27-16-29-12-14-43-39(37(29)44-20-27)45-35-9-5-7-33(26(35)3)32-6-4-8-34(25(32)2)40-46-36-18-28(17-31(19-42)38(36)51-40)21-47-15-13-30(22-47)41(49)50/h4-9,12,14,16-18,20,24,30,48H,10-11,13,15,21-23H2,1-3H3,(H,43,45)(H,49,50)/t24-,30-/m1/s1. The smallest absolute Gasteiger partial charge is 0.307 e. The molecular formula is C41H40N6O4. The Morgan fingerprint density at radius 2 is 1.84 bits per heavy atom. The number of aliphatic carboxylic acids is 1. The summed E-state index contributed by atoms with van der Waals surface area (Å²) in [6.45, 7) is 8.10. The monoisotopic (exact) mass is 680 g/mol. The van der Waals surface area contributed by atoms with E-state index in [1.807, 2.05) is 55.6 Å². The lowest BCUT2D eigenvalue weighted by Crippen LogP contribution is -2.22. The third-order valence-electron chi connectivity index (χ3n) is 10.0. The van der Waals surface area contributed by atoms with Gasteiger partial charge < -0.3 is 19.9 Å². The van der Waals surface area contributed by atoms with Crippen molar-refractivity contribution in [2.75, 3.05) is 25.0 Å². The van der Waals surface area contributed by atoms with Crippen LogP contribution in [0, 0.1) is 37.0 Å². The van der Waals surface area contributed by atoms with Gasteiger partial charge in [0.15, 0.2) is 11.4 Å². The molecule has 0 radical (unpaired) electrons. The first kappa shape index (κ1) is 33.8. The van der Waals surface area contributed by atoms with Crippen molar-refractivity contribution >= 4 is 39.5 Å². The molecule has 258 valence electrons. The van der Waals surface area contributed by atoms with Crippen molar-refractivity contribution in [3.63, 3.8) is 0 Å². The highest BCUT2D eigenvalue weighted by atomic mass is 16.4. The van der Waals surface area contributed by atoms with Gasteiger partial charge in [0, 0.05) is 48.7 Å². The van der Waals surface area contributed by atoms with Crippen LogP contribution in [-0.2, 0) is 17.8 Å². The highest BCUT2D eigenvalue weighted by Gasteiger charge is 2.28. The minimum absolute atomic E-state index is 0.182. The van der Waals surface area contributed by atoms with Gasteiger partial charge in [-0.1, -0.05) is 31.2 Å². The van der Waals surface area contributed by atoms with Crippen molar-refractivity contribution in [1.82, 2.24) is 19.9 Å². The largest absolute Gasteiger partial charge is 0.481 e. The van der Waals surface area contributed by atoms with E-state index in [-0.39, 0.29) is 18.4 Å². The number of hydrogen-bond donors (Lipinski definition) is 3. The number of fused-ring (bicyclic) bond motifs is 2. The number of carbonyl (C=O) groups is 1. The average Bonchev–Trinajstić information content (AvgIpc) is 3.79. The number of nitriles is 1. The lowest BCUT2D eigenvalue weighted by molar-refractivity contribution is -0.141. The zero-order valence-electron chi connectivity index (χ0n) is 29.0. The van der Waals surface area contributed by atoms with Crippen molar-refractivity contribution in [3.05, 3.63) is 101 Å². The lowest BCUT2D eigenvalue weighted by Gasteiger charge is -2.16. The summed E-state index contributed by atoms with van der Waals surface area (Å²) in [4.78, 5) is 27.8. The molecule has 51 heavy (non-hydrogen) atoms. The summed E-state index contributed by atoms with van der Waals surface area (Å²) < 4.78 is 6.27. The molecular weight excluding hydrogens is 640 g/mol. The number of nitrogens with one attached hydrogen (secondary N) is 1. The Hall–Kier alpha value is -5.63. The van der Waals surface area contributed by atoms with E-state index in [2.05, 4.69) is 53.3 Å². The van der Waals surface area contributed by atoms with Crippen molar-refractivity contribution in [1.29, 1.82) is 5.26 Å². The van der Waals surface area contributed by atoms with Gasteiger partial charge >= 0.3 is 5.97 Å². The highest BCUT2D eigenvalue weighted by molar-refractivity contribution is 5.91. The quantitative estimate of drug-likeness (QED) is 0.124. The number of oxazole rings is 1. The highest BCUT2D eigenvalue weighted by Crippen LogP contribution is 2.38. The Kier molecular flexibility index (Phi) is 9.50. The molecule has 0 aliphatic carbocycles. The van der Waals surface area contributed by atoms with E-state index in [1.165, 1.54) is 0 Å².